The van der Waals surface area contributed by atoms with Crippen molar-refractivity contribution in [1.29, 1.82) is 0 Å². The number of nitrogens with two attached hydrogens (primary N) is 1. The number of carbonyl (C=O) groups is 2. The van der Waals surface area contributed by atoms with Crippen molar-refractivity contribution < 1.29 is 22.8 Å². The number of nitrogens with zero attached hydrogens (tertiary/aromatic N) is 3. The normalized spacial score (nSPS) is 10.9. The Morgan fingerprint density at radius 1 is 1.00 bits per heavy atom. The molecule has 32 heavy (non-hydrogen) atoms. The van der Waals surface area contributed by atoms with Crippen molar-refractivity contribution in [1.82, 2.24) is 15.0 Å². The number of benzene rings is 1. The molecule has 0 aliphatic carbocycles. The average Bonchev–Trinajstić information content (AvgIpc) is 2.73. The molecule has 0 bridgehead atoms. The second kappa shape index (κ2) is 9.39. The van der Waals surface area contributed by atoms with Gasteiger partial charge in [0.25, 0.3) is 0 Å². The maximum Gasteiger partial charge on any atom is 0.416 e. The second-order valence-corrected chi connectivity index (χ2v) is 6.94. The summed E-state index contributed by atoms with van der Waals surface area (Å²) in [7, 11) is 0. The number of hydrogen-bond acceptors (Lipinski definition) is 5. The molecule has 2 N–H and O–H groups in total. The molecule has 0 aliphatic rings. The van der Waals surface area contributed by atoms with Crippen LogP contribution in [0.15, 0.2) is 48.9 Å². The van der Waals surface area contributed by atoms with Gasteiger partial charge >= 0.3 is 6.18 Å². The van der Waals surface area contributed by atoms with E-state index < -0.39 is 17.6 Å². The van der Waals surface area contributed by atoms with Crippen LogP contribution in [0.25, 0.3) is 0 Å². The molecule has 1 aromatic carbocycles. The predicted molar refractivity (Wildman–Crippen MR) is 109 cm³/mol. The molecule has 0 atom stereocenters. The first-order chi connectivity index (χ1) is 15.1. The Morgan fingerprint density at radius 3 is 2.38 bits per heavy atom. The van der Waals surface area contributed by atoms with Gasteiger partial charge in [-0.05, 0) is 30.7 Å². The minimum Gasteiger partial charge on any atom is -0.369 e. The summed E-state index contributed by atoms with van der Waals surface area (Å²) in [5, 5.41) is 0. The molecule has 0 saturated carbocycles. The highest BCUT2D eigenvalue weighted by atomic mass is 19.4. The first kappa shape index (κ1) is 22.6. The minimum absolute atomic E-state index is 0.0335. The lowest BCUT2D eigenvalue weighted by Gasteiger charge is -2.08. The number of pyridine rings is 1. The van der Waals surface area contributed by atoms with E-state index in [2.05, 4.69) is 26.8 Å². The predicted octanol–water partition coefficient (Wildman–Crippen LogP) is 3.05. The Hall–Kier alpha value is -4.06. The van der Waals surface area contributed by atoms with Crippen LogP contribution in [0.5, 0.6) is 0 Å². The third kappa shape index (κ3) is 5.98. The van der Waals surface area contributed by atoms with E-state index in [1.165, 1.54) is 12.4 Å². The maximum absolute atomic E-state index is 12.9. The number of carbonyl (C=O) groups excluding carboxylic acids is 2. The number of primary amides is 1. The van der Waals surface area contributed by atoms with Crippen LogP contribution in [0, 0.1) is 18.8 Å². The molecule has 3 aromatic rings. The Morgan fingerprint density at radius 2 is 1.72 bits per heavy atom. The molecule has 0 aliphatic heterocycles. The van der Waals surface area contributed by atoms with Crippen molar-refractivity contribution in [3.63, 3.8) is 0 Å². The molecule has 6 nitrogen and oxygen atoms in total. The first-order valence-corrected chi connectivity index (χ1v) is 9.39. The van der Waals surface area contributed by atoms with Gasteiger partial charge in [0, 0.05) is 35.4 Å². The van der Waals surface area contributed by atoms with Crippen LogP contribution in [0.2, 0.25) is 0 Å². The molecular weight excluding hydrogens is 421 g/mol. The number of rotatable bonds is 5. The van der Waals surface area contributed by atoms with E-state index in [1.807, 2.05) is 6.92 Å². The fourth-order valence-electron chi connectivity index (χ4n) is 2.75. The lowest BCUT2D eigenvalue weighted by Crippen LogP contribution is -2.15. The number of halogens is 3. The topological polar surface area (TPSA) is 98.8 Å². The number of aromatic nitrogens is 3. The van der Waals surface area contributed by atoms with E-state index in [0.717, 1.165) is 23.9 Å². The molecular formula is C23H17F3N4O2. The third-order valence-electron chi connectivity index (χ3n) is 4.42. The quantitative estimate of drug-likeness (QED) is 0.488. The number of aryl methyl sites for hydroxylation is 1. The van der Waals surface area contributed by atoms with E-state index >= 15 is 0 Å². The Labute approximate surface area is 181 Å². The summed E-state index contributed by atoms with van der Waals surface area (Å²) in [4.78, 5) is 35.4. The van der Waals surface area contributed by atoms with E-state index in [9.17, 15) is 22.8 Å². The fourth-order valence-corrected chi connectivity index (χ4v) is 2.75. The zero-order valence-electron chi connectivity index (χ0n) is 16.9. The van der Waals surface area contributed by atoms with Crippen LogP contribution >= 0.6 is 0 Å². The minimum atomic E-state index is -4.50. The molecule has 162 valence electrons. The molecule has 2 heterocycles. The fraction of sp³-hybridized carbons (Fsp3) is 0.174. The van der Waals surface area contributed by atoms with Gasteiger partial charge in [-0.25, -0.2) is 9.97 Å². The van der Waals surface area contributed by atoms with Crippen molar-refractivity contribution in [2.75, 3.05) is 0 Å². The van der Waals surface area contributed by atoms with Crippen molar-refractivity contribution >= 4 is 11.7 Å². The third-order valence-corrected chi connectivity index (χ3v) is 4.42. The molecule has 0 fully saturated rings. The molecule has 0 spiro atoms. The first-order valence-electron chi connectivity index (χ1n) is 9.39. The van der Waals surface area contributed by atoms with Crippen LogP contribution in [-0.4, -0.2) is 26.6 Å². The number of alkyl halides is 3. The lowest BCUT2D eigenvalue weighted by molar-refractivity contribution is -0.137. The van der Waals surface area contributed by atoms with Crippen LogP contribution in [0.4, 0.5) is 13.2 Å². The van der Waals surface area contributed by atoms with Gasteiger partial charge in [0.1, 0.15) is 5.82 Å². The highest BCUT2D eigenvalue weighted by molar-refractivity contribution is 5.97. The molecule has 1 amide bonds. The van der Waals surface area contributed by atoms with Crippen LogP contribution in [-0.2, 0) is 23.8 Å². The van der Waals surface area contributed by atoms with Crippen LogP contribution < -0.4 is 5.73 Å². The monoisotopic (exact) mass is 438 g/mol. The van der Waals surface area contributed by atoms with Gasteiger partial charge in [-0.15, -0.1) is 0 Å². The van der Waals surface area contributed by atoms with Gasteiger partial charge in [0.15, 0.2) is 5.78 Å². The zero-order chi connectivity index (χ0) is 23.3. The Balaban J connectivity index is 1.78. The van der Waals surface area contributed by atoms with Gasteiger partial charge in [-0.2, -0.15) is 13.2 Å². The number of hydrogen-bond donors (Lipinski definition) is 1. The summed E-state index contributed by atoms with van der Waals surface area (Å²) in [5.41, 5.74) is 6.49. The number of ketones is 1. The lowest BCUT2D eigenvalue weighted by atomic mass is 10.00. The largest absolute Gasteiger partial charge is 0.416 e. The van der Waals surface area contributed by atoms with Crippen molar-refractivity contribution in [2.45, 2.75) is 25.9 Å². The summed E-state index contributed by atoms with van der Waals surface area (Å²) < 4.78 is 38.6. The van der Waals surface area contributed by atoms with Gasteiger partial charge < -0.3 is 5.73 Å². The van der Waals surface area contributed by atoms with Gasteiger partial charge in [0.2, 0.25) is 5.91 Å². The van der Waals surface area contributed by atoms with Crippen LogP contribution in [0.1, 0.15) is 44.1 Å². The second-order valence-electron chi connectivity index (χ2n) is 6.94. The summed E-state index contributed by atoms with van der Waals surface area (Å²) >= 11 is 0. The average molecular weight is 438 g/mol. The van der Waals surface area contributed by atoms with Gasteiger partial charge in [-0.3, -0.25) is 14.6 Å². The van der Waals surface area contributed by atoms with E-state index in [0.29, 0.717) is 16.7 Å². The molecule has 9 heteroatoms. The zero-order valence-corrected chi connectivity index (χ0v) is 16.9. The molecule has 3 rings (SSSR count). The van der Waals surface area contributed by atoms with Crippen molar-refractivity contribution in [3.05, 3.63) is 88.3 Å². The highest BCUT2D eigenvalue weighted by Gasteiger charge is 2.30. The number of amides is 1. The summed E-state index contributed by atoms with van der Waals surface area (Å²) in [6, 6.07) is 6.62. The SMILES string of the molecule is Cc1ccc(C(=O)Cc2cc(C(F)(F)F)ccn2)cc1C#Cc1cnc(CC(N)=O)nc1. The summed E-state index contributed by atoms with van der Waals surface area (Å²) in [5.74, 6) is 5.19. The van der Waals surface area contributed by atoms with E-state index in [4.69, 9.17) is 5.73 Å². The Kier molecular flexibility index (Phi) is 6.64. The van der Waals surface area contributed by atoms with Crippen molar-refractivity contribution in [3.8, 4) is 11.8 Å². The van der Waals surface area contributed by atoms with Gasteiger partial charge in [-0.1, -0.05) is 24.0 Å². The molecule has 2 aromatic heterocycles. The van der Waals surface area contributed by atoms with Crippen LogP contribution in [0.3, 0.4) is 0 Å². The Bertz CT molecular complexity index is 1230. The molecule has 0 unspecified atom stereocenters. The maximum atomic E-state index is 12.9. The summed E-state index contributed by atoms with van der Waals surface area (Å²) in [6.07, 6.45) is -0.889. The highest BCUT2D eigenvalue weighted by Crippen LogP contribution is 2.29. The molecule has 0 saturated heterocycles. The van der Waals surface area contributed by atoms with Gasteiger partial charge in [0.05, 0.1) is 24.0 Å². The standard InChI is InChI=1S/C23H17F3N4O2/c1-14-2-4-17(20(31)10-19-9-18(6-7-28-19)23(24,25)26)8-16(14)5-3-15-12-29-22(30-13-15)11-21(27)32/h2,4,6-9,12-13H,10-11H2,1H3,(H2,27,32). The van der Waals surface area contributed by atoms with E-state index in [-0.39, 0.29) is 30.1 Å². The summed E-state index contributed by atoms with van der Waals surface area (Å²) in [6.45, 7) is 1.82. The smallest absolute Gasteiger partial charge is 0.369 e. The molecule has 0 radical (unpaired) electrons. The van der Waals surface area contributed by atoms with E-state index in [1.54, 1.807) is 18.2 Å². The number of Topliss-reactive ketones (excluding diaryl/α,β-unsaturated/α-hetero) is 1. The van der Waals surface area contributed by atoms with Crippen molar-refractivity contribution in [2.24, 2.45) is 5.73 Å².